The van der Waals surface area contributed by atoms with Crippen molar-refractivity contribution in [1.82, 2.24) is 4.98 Å². The molecule has 0 saturated carbocycles. The number of nitrogens with one attached hydrogen (secondary N) is 1. The van der Waals surface area contributed by atoms with Gasteiger partial charge in [-0.05, 0) is 36.4 Å². The molecule has 2 rings (SSSR count). The highest BCUT2D eigenvalue weighted by molar-refractivity contribution is 5.56. The van der Waals surface area contributed by atoms with Crippen LogP contribution in [-0.2, 0) is 6.18 Å². The maximum atomic E-state index is 12.4. The number of rotatable bonds is 2. The Hall–Kier alpha value is -2.55. The molecule has 0 aliphatic rings. The van der Waals surface area contributed by atoms with E-state index < -0.39 is 11.7 Å². The summed E-state index contributed by atoms with van der Waals surface area (Å²) in [5.41, 5.74) is 0.203. The largest absolute Gasteiger partial charge is 0.416 e. The van der Waals surface area contributed by atoms with Gasteiger partial charge in [0.25, 0.3) is 0 Å². The predicted molar refractivity (Wildman–Crippen MR) is 63.7 cm³/mol. The SMILES string of the molecule is N#Cc1ccc(Nc2ccc(C(F)(F)F)cc2)nc1. The Morgan fingerprint density at radius 2 is 1.74 bits per heavy atom. The first kappa shape index (κ1) is 12.9. The molecule has 6 heteroatoms. The van der Waals surface area contributed by atoms with Crippen molar-refractivity contribution >= 4 is 11.5 Å². The van der Waals surface area contributed by atoms with Crippen LogP contribution >= 0.6 is 0 Å². The van der Waals surface area contributed by atoms with E-state index in [9.17, 15) is 13.2 Å². The molecule has 0 spiro atoms. The third-order valence-corrected chi connectivity index (χ3v) is 2.38. The molecular formula is C13H8F3N3. The van der Waals surface area contributed by atoms with Crippen LogP contribution in [0.15, 0.2) is 42.6 Å². The predicted octanol–water partition coefficient (Wildman–Crippen LogP) is 3.72. The molecule has 96 valence electrons. The Bertz CT molecular complexity index is 595. The van der Waals surface area contributed by atoms with Gasteiger partial charge in [0.2, 0.25) is 0 Å². The van der Waals surface area contributed by atoms with Crippen molar-refractivity contribution in [3.8, 4) is 6.07 Å². The summed E-state index contributed by atoms with van der Waals surface area (Å²) in [6, 6.07) is 9.70. The molecule has 3 nitrogen and oxygen atoms in total. The van der Waals surface area contributed by atoms with Crippen LogP contribution in [0.5, 0.6) is 0 Å². The fourth-order valence-electron chi connectivity index (χ4n) is 1.42. The molecule has 19 heavy (non-hydrogen) atoms. The second-order valence-corrected chi connectivity index (χ2v) is 3.74. The number of aromatic nitrogens is 1. The van der Waals surface area contributed by atoms with Gasteiger partial charge in [-0.1, -0.05) is 0 Å². The molecule has 1 aromatic heterocycles. The molecule has 0 saturated heterocycles. The Morgan fingerprint density at radius 3 is 2.21 bits per heavy atom. The first-order chi connectivity index (χ1) is 8.99. The monoisotopic (exact) mass is 263 g/mol. The molecular weight excluding hydrogens is 255 g/mol. The molecule has 2 aromatic rings. The third-order valence-electron chi connectivity index (χ3n) is 2.38. The second-order valence-electron chi connectivity index (χ2n) is 3.74. The summed E-state index contributed by atoms with van der Waals surface area (Å²) >= 11 is 0. The normalized spacial score (nSPS) is 10.8. The highest BCUT2D eigenvalue weighted by Gasteiger charge is 2.29. The van der Waals surface area contributed by atoms with Gasteiger partial charge in [0.1, 0.15) is 11.9 Å². The molecule has 0 unspecified atom stereocenters. The number of hydrogen-bond acceptors (Lipinski definition) is 3. The lowest BCUT2D eigenvalue weighted by Crippen LogP contribution is -2.04. The van der Waals surface area contributed by atoms with Crippen molar-refractivity contribution < 1.29 is 13.2 Å². The Balaban J connectivity index is 2.13. The van der Waals surface area contributed by atoms with Crippen LogP contribution in [0, 0.1) is 11.3 Å². The smallest absolute Gasteiger partial charge is 0.340 e. The van der Waals surface area contributed by atoms with Gasteiger partial charge < -0.3 is 5.32 Å². The number of anilines is 2. The standard InChI is InChI=1S/C13H8F3N3/c14-13(15,16)10-2-4-11(5-3-10)19-12-6-1-9(7-17)8-18-12/h1-6,8H,(H,18,19). The van der Waals surface area contributed by atoms with Crippen LogP contribution in [0.1, 0.15) is 11.1 Å². The Kier molecular flexibility index (Phi) is 3.38. The summed E-state index contributed by atoms with van der Waals surface area (Å²) in [5, 5.41) is 11.5. The van der Waals surface area contributed by atoms with Crippen molar-refractivity contribution in [1.29, 1.82) is 5.26 Å². The van der Waals surface area contributed by atoms with Gasteiger partial charge in [-0.2, -0.15) is 18.4 Å². The topological polar surface area (TPSA) is 48.7 Å². The van der Waals surface area contributed by atoms with Gasteiger partial charge in [0.15, 0.2) is 0 Å². The van der Waals surface area contributed by atoms with Crippen LogP contribution in [0.25, 0.3) is 0 Å². The number of benzene rings is 1. The summed E-state index contributed by atoms with van der Waals surface area (Å²) < 4.78 is 37.1. The van der Waals surface area contributed by atoms with Crippen molar-refractivity contribution in [3.63, 3.8) is 0 Å². The molecule has 0 fully saturated rings. The molecule has 1 aromatic carbocycles. The van der Waals surface area contributed by atoms with Crippen LogP contribution in [0.3, 0.4) is 0 Å². The zero-order valence-corrected chi connectivity index (χ0v) is 9.57. The minimum atomic E-state index is -4.34. The minimum absolute atomic E-state index is 0.415. The number of alkyl halides is 3. The average Bonchev–Trinajstić information content (AvgIpc) is 2.39. The van der Waals surface area contributed by atoms with Gasteiger partial charge in [-0.15, -0.1) is 0 Å². The minimum Gasteiger partial charge on any atom is -0.340 e. The molecule has 0 aliphatic carbocycles. The highest BCUT2D eigenvalue weighted by Crippen LogP contribution is 2.30. The molecule has 0 amide bonds. The maximum absolute atomic E-state index is 12.4. The van der Waals surface area contributed by atoms with Crippen molar-refractivity contribution in [2.75, 3.05) is 5.32 Å². The zero-order chi connectivity index (χ0) is 13.9. The lowest BCUT2D eigenvalue weighted by Gasteiger charge is -2.09. The van der Waals surface area contributed by atoms with E-state index in [0.717, 1.165) is 12.1 Å². The molecule has 0 bridgehead atoms. The molecule has 0 radical (unpaired) electrons. The third kappa shape index (κ3) is 3.22. The van der Waals surface area contributed by atoms with E-state index in [1.807, 2.05) is 6.07 Å². The number of halogens is 3. The molecule has 1 heterocycles. The van der Waals surface area contributed by atoms with E-state index in [1.165, 1.54) is 18.3 Å². The van der Waals surface area contributed by atoms with Crippen molar-refractivity contribution in [2.24, 2.45) is 0 Å². The van der Waals surface area contributed by atoms with Gasteiger partial charge in [0.05, 0.1) is 11.1 Å². The Morgan fingerprint density at radius 1 is 1.05 bits per heavy atom. The summed E-state index contributed by atoms with van der Waals surface area (Å²) in [4.78, 5) is 3.96. The summed E-state index contributed by atoms with van der Waals surface area (Å²) in [6.45, 7) is 0. The van der Waals surface area contributed by atoms with E-state index in [0.29, 0.717) is 17.1 Å². The van der Waals surface area contributed by atoms with Crippen LogP contribution < -0.4 is 5.32 Å². The summed E-state index contributed by atoms with van der Waals surface area (Å²) in [7, 11) is 0. The van der Waals surface area contributed by atoms with E-state index in [1.54, 1.807) is 12.1 Å². The van der Waals surface area contributed by atoms with E-state index >= 15 is 0 Å². The van der Waals surface area contributed by atoms with E-state index in [4.69, 9.17) is 5.26 Å². The number of nitriles is 1. The molecule has 0 atom stereocenters. The lowest BCUT2D eigenvalue weighted by atomic mass is 10.2. The summed E-state index contributed by atoms with van der Waals surface area (Å²) in [5.74, 6) is 0.457. The first-order valence-electron chi connectivity index (χ1n) is 5.29. The van der Waals surface area contributed by atoms with Gasteiger partial charge in [-0.3, -0.25) is 0 Å². The van der Waals surface area contributed by atoms with E-state index in [2.05, 4.69) is 10.3 Å². The number of nitrogens with zero attached hydrogens (tertiary/aromatic N) is 2. The van der Waals surface area contributed by atoms with Crippen LogP contribution in [0.4, 0.5) is 24.7 Å². The Labute approximate surface area is 107 Å². The van der Waals surface area contributed by atoms with Crippen molar-refractivity contribution in [3.05, 3.63) is 53.7 Å². The average molecular weight is 263 g/mol. The number of pyridine rings is 1. The van der Waals surface area contributed by atoms with Crippen molar-refractivity contribution in [2.45, 2.75) is 6.18 Å². The lowest BCUT2D eigenvalue weighted by molar-refractivity contribution is -0.137. The van der Waals surface area contributed by atoms with Crippen LogP contribution in [0.2, 0.25) is 0 Å². The zero-order valence-electron chi connectivity index (χ0n) is 9.57. The fourth-order valence-corrected chi connectivity index (χ4v) is 1.42. The highest BCUT2D eigenvalue weighted by atomic mass is 19.4. The molecule has 0 aliphatic heterocycles. The van der Waals surface area contributed by atoms with Crippen LogP contribution in [-0.4, -0.2) is 4.98 Å². The summed E-state index contributed by atoms with van der Waals surface area (Å²) in [6.07, 6.45) is -2.96. The first-order valence-corrected chi connectivity index (χ1v) is 5.29. The quantitative estimate of drug-likeness (QED) is 0.898. The molecule has 1 N–H and O–H groups in total. The number of hydrogen-bond donors (Lipinski definition) is 1. The second kappa shape index (κ2) is 4.98. The van der Waals surface area contributed by atoms with Gasteiger partial charge in [0, 0.05) is 11.9 Å². The maximum Gasteiger partial charge on any atom is 0.416 e. The van der Waals surface area contributed by atoms with Gasteiger partial charge >= 0.3 is 6.18 Å². The van der Waals surface area contributed by atoms with E-state index in [-0.39, 0.29) is 0 Å². The fraction of sp³-hybridized carbons (Fsp3) is 0.0769. The van der Waals surface area contributed by atoms with Gasteiger partial charge in [-0.25, -0.2) is 4.98 Å².